The van der Waals surface area contributed by atoms with E-state index in [0.29, 0.717) is 19.3 Å². The van der Waals surface area contributed by atoms with Gasteiger partial charge in [-0.15, -0.1) is 0 Å². The molecule has 0 aromatic rings. The number of ether oxygens (including phenoxy) is 3. The van der Waals surface area contributed by atoms with E-state index in [0.717, 1.165) is 77.0 Å². The molecule has 0 bridgehead atoms. The maximum Gasteiger partial charge on any atom is 0.306 e. The fourth-order valence-corrected chi connectivity index (χ4v) is 8.21. The Morgan fingerprint density at radius 3 is 0.864 bits per heavy atom. The van der Waals surface area contributed by atoms with Gasteiger partial charge in [0, 0.05) is 19.3 Å². The molecule has 1 unspecified atom stereocenters. The van der Waals surface area contributed by atoms with Crippen molar-refractivity contribution in [1.82, 2.24) is 0 Å². The van der Waals surface area contributed by atoms with Gasteiger partial charge in [0.2, 0.25) is 0 Å². The highest BCUT2D eigenvalue weighted by Crippen LogP contribution is 2.15. The van der Waals surface area contributed by atoms with E-state index in [9.17, 15) is 14.4 Å². The number of esters is 3. The summed E-state index contributed by atoms with van der Waals surface area (Å²) in [5, 5.41) is 0. The van der Waals surface area contributed by atoms with Gasteiger partial charge in [-0.1, -0.05) is 243 Å². The van der Waals surface area contributed by atoms with E-state index in [1.165, 1.54) is 180 Å². The van der Waals surface area contributed by atoms with Gasteiger partial charge in [-0.05, 0) is 83.5 Å². The molecule has 0 aromatic heterocycles. The second-order valence-corrected chi connectivity index (χ2v) is 19.2. The zero-order chi connectivity index (χ0) is 47.9. The molecule has 0 spiro atoms. The topological polar surface area (TPSA) is 78.9 Å². The molecule has 0 aliphatic carbocycles. The standard InChI is InChI=1S/C60H108O6/c1-4-7-10-13-16-19-21-23-25-26-27-28-29-30-31-32-33-34-36-37-39-41-44-47-50-53-59(62)65-56-57(55-64-58(61)52-49-46-43-18-15-12-9-6-3)66-60(63)54-51-48-45-42-40-38-35-24-22-20-17-14-11-8-5-2/h21,23-24,26-27,29-30,35,57H,4-20,22,25,28,31-34,36-56H2,1-3H3/b23-21-,27-26-,30-29-,35-24-. The molecule has 0 aliphatic heterocycles. The van der Waals surface area contributed by atoms with Gasteiger partial charge < -0.3 is 14.2 Å². The maximum atomic E-state index is 12.8. The molecule has 384 valence electrons. The summed E-state index contributed by atoms with van der Waals surface area (Å²) in [5.41, 5.74) is 0. The van der Waals surface area contributed by atoms with Crippen LogP contribution in [0.15, 0.2) is 48.6 Å². The summed E-state index contributed by atoms with van der Waals surface area (Å²) in [6.45, 7) is 6.61. The van der Waals surface area contributed by atoms with Crippen LogP contribution in [0, 0.1) is 0 Å². The quantitative estimate of drug-likeness (QED) is 0.0262. The lowest BCUT2D eigenvalue weighted by molar-refractivity contribution is -0.167. The van der Waals surface area contributed by atoms with Gasteiger partial charge in [0.25, 0.3) is 0 Å². The Hall–Kier alpha value is -2.63. The summed E-state index contributed by atoms with van der Waals surface area (Å²) in [7, 11) is 0. The third-order valence-corrected chi connectivity index (χ3v) is 12.6. The second kappa shape index (κ2) is 55.0. The lowest BCUT2D eigenvalue weighted by Gasteiger charge is -2.18. The van der Waals surface area contributed by atoms with Gasteiger partial charge in [-0.3, -0.25) is 14.4 Å². The van der Waals surface area contributed by atoms with Crippen LogP contribution in [-0.4, -0.2) is 37.2 Å². The van der Waals surface area contributed by atoms with Crippen molar-refractivity contribution in [1.29, 1.82) is 0 Å². The monoisotopic (exact) mass is 925 g/mol. The van der Waals surface area contributed by atoms with Crippen LogP contribution in [0.2, 0.25) is 0 Å². The number of hydrogen-bond acceptors (Lipinski definition) is 6. The van der Waals surface area contributed by atoms with Crippen molar-refractivity contribution in [2.75, 3.05) is 13.2 Å². The van der Waals surface area contributed by atoms with Crippen molar-refractivity contribution < 1.29 is 28.6 Å². The first-order valence-electron chi connectivity index (χ1n) is 28.6. The Kier molecular flexibility index (Phi) is 52.8. The SMILES string of the molecule is CCCCCCC/C=C\C/C=C\C/C=C\CCCCCCCCCCCCC(=O)OCC(COC(=O)CCCCCCCCCC)OC(=O)CCCCCCC/C=C\CCCCCCCC. The Labute approximate surface area is 409 Å². The Morgan fingerprint density at radius 2 is 0.545 bits per heavy atom. The zero-order valence-electron chi connectivity index (χ0n) is 44.0. The second-order valence-electron chi connectivity index (χ2n) is 19.2. The van der Waals surface area contributed by atoms with Crippen molar-refractivity contribution in [3.05, 3.63) is 48.6 Å². The first-order chi connectivity index (χ1) is 32.5. The van der Waals surface area contributed by atoms with Crippen molar-refractivity contribution in [2.45, 2.75) is 303 Å². The van der Waals surface area contributed by atoms with E-state index in [1.807, 2.05) is 0 Å². The Balaban J connectivity index is 4.19. The molecular formula is C60H108O6. The van der Waals surface area contributed by atoms with Gasteiger partial charge in [-0.2, -0.15) is 0 Å². The minimum absolute atomic E-state index is 0.0755. The summed E-state index contributed by atoms with van der Waals surface area (Å²) in [6, 6.07) is 0. The molecule has 0 amide bonds. The van der Waals surface area contributed by atoms with Crippen LogP contribution in [-0.2, 0) is 28.6 Å². The number of hydrogen-bond donors (Lipinski definition) is 0. The highest BCUT2D eigenvalue weighted by molar-refractivity contribution is 5.71. The van der Waals surface area contributed by atoms with Crippen LogP contribution in [0.25, 0.3) is 0 Å². The molecule has 6 nitrogen and oxygen atoms in total. The summed E-state index contributed by atoms with van der Waals surface area (Å²) in [4.78, 5) is 37.9. The summed E-state index contributed by atoms with van der Waals surface area (Å²) >= 11 is 0. The normalized spacial score (nSPS) is 12.3. The highest BCUT2D eigenvalue weighted by atomic mass is 16.6. The molecule has 0 heterocycles. The Morgan fingerprint density at radius 1 is 0.303 bits per heavy atom. The number of rotatable bonds is 52. The maximum absolute atomic E-state index is 12.8. The molecule has 0 aliphatic rings. The lowest BCUT2D eigenvalue weighted by Crippen LogP contribution is -2.30. The molecule has 0 N–H and O–H groups in total. The fraction of sp³-hybridized carbons (Fsp3) is 0.817. The molecular weight excluding hydrogens is 817 g/mol. The van der Waals surface area contributed by atoms with Crippen LogP contribution in [0.3, 0.4) is 0 Å². The summed E-state index contributed by atoms with van der Waals surface area (Å²) in [6.07, 6.45) is 66.9. The first-order valence-corrected chi connectivity index (χ1v) is 28.6. The predicted molar refractivity (Wildman–Crippen MR) is 284 cm³/mol. The summed E-state index contributed by atoms with van der Waals surface area (Å²) in [5.74, 6) is -0.882. The zero-order valence-corrected chi connectivity index (χ0v) is 44.0. The fourth-order valence-electron chi connectivity index (χ4n) is 8.21. The molecule has 1 atom stereocenters. The van der Waals surface area contributed by atoms with Gasteiger partial charge in [-0.25, -0.2) is 0 Å². The molecule has 0 radical (unpaired) electrons. The number of carbonyl (C=O) groups is 3. The molecule has 66 heavy (non-hydrogen) atoms. The van der Waals surface area contributed by atoms with Gasteiger partial charge in [0.1, 0.15) is 13.2 Å². The third-order valence-electron chi connectivity index (χ3n) is 12.6. The van der Waals surface area contributed by atoms with Gasteiger partial charge in [0.05, 0.1) is 0 Å². The van der Waals surface area contributed by atoms with E-state index >= 15 is 0 Å². The Bertz CT molecular complexity index is 1150. The van der Waals surface area contributed by atoms with E-state index in [2.05, 4.69) is 69.4 Å². The van der Waals surface area contributed by atoms with Crippen molar-refractivity contribution >= 4 is 17.9 Å². The predicted octanol–water partition coefficient (Wildman–Crippen LogP) is 19.0. The lowest BCUT2D eigenvalue weighted by atomic mass is 10.1. The average molecular weight is 926 g/mol. The number of allylic oxidation sites excluding steroid dienone is 8. The van der Waals surface area contributed by atoms with Crippen LogP contribution in [0.1, 0.15) is 297 Å². The molecule has 0 aromatic carbocycles. The average Bonchev–Trinajstić information content (AvgIpc) is 3.31. The highest BCUT2D eigenvalue weighted by Gasteiger charge is 2.19. The minimum Gasteiger partial charge on any atom is -0.462 e. The van der Waals surface area contributed by atoms with Crippen molar-refractivity contribution in [3.63, 3.8) is 0 Å². The smallest absolute Gasteiger partial charge is 0.306 e. The van der Waals surface area contributed by atoms with Crippen LogP contribution >= 0.6 is 0 Å². The van der Waals surface area contributed by atoms with Crippen molar-refractivity contribution in [3.8, 4) is 0 Å². The summed E-state index contributed by atoms with van der Waals surface area (Å²) < 4.78 is 16.8. The van der Waals surface area contributed by atoms with Gasteiger partial charge >= 0.3 is 17.9 Å². The van der Waals surface area contributed by atoms with Crippen molar-refractivity contribution in [2.24, 2.45) is 0 Å². The minimum atomic E-state index is -0.775. The van der Waals surface area contributed by atoms with Gasteiger partial charge in [0.15, 0.2) is 6.10 Å². The molecule has 0 rings (SSSR count). The first kappa shape index (κ1) is 63.4. The van der Waals surface area contributed by atoms with Crippen LogP contribution < -0.4 is 0 Å². The number of carbonyl (C=O) groups excluding carboxylic acids is 3. The molecule has 0 fully saturated rings. The largest absolute Gasteiger partial charge is 0.462 e. The molecule has 0 saturated carbocycles. The third kappa shape index (κ3) is 52.3. The van der Waals surface area contributed by atoms with E-state index in [4.69, 9.17) is 14.2 Å². The van der Waals surface area contributed by atoms with E-state index in [-0.39, 0.29) is 31.1 Å². The molecule has 6 heteroatoms. The van der Waals surface area contributed by atoms with Crippen LogP contribution in [0.5, 0.6) is 0 Å². The van der Waals surface area contributed by atoms with E-state index in [1.54, 1.807) is 0 Å². The van der Waals surface area contributed by atoms with Crippen LogP contribution in [0.4, 0.5) is 0 Å². The van der Waals surface area contributed by atoms with E-state index < -0.39 is 6.10 Å². The molecule has 0 saturated heterocycles. The number of unbranched alkanes of at least 4 members (excludes halogenated alkanes) is 33.